The van der Waals surface area contributed by atoms with Gasteiger partial charge >= 0.3 is 0 Å². The summed E-state index contributed by atoms with van der Waals surface area (Å²) in [6, 6.07) is 14.5. The smallest absolute Gasteiger partial charge is 0.271 e. The van der Waals surface area contributed by atoms with Crippen LogP contribution in [0.15, 0.2) is 59.7 Å². The zero-order valence-electron chi connectivity index (χ0n) is 13.5. The second kappa shape index (κ2) is 8.01. The highest BCUT2D eigenvalue weighted by Crippen LogP contribution is 2.12. The van der Waals surface area contributed by atoms with E-state index in [1.54, 1.807) is 14.0 Å². The molecule has 0 atom stereocenters. The quantitative estimate of drug-likeness (QED) is 0.678. The molecular formula is C18H18FN3O2. The van der Waals surface area contributed by atoms with E-state index in [4.69, 9.17) is 0 Å². The van der Waals surface area contributed by atoms with E-state index in [0.29, 0.717) is 5.71 Å². The minimum absolute atomic E-state index is 0.0643. The van der Waals surface area contributed by atoms with Gasteiger partial charge in [-0.25, -0.2) is 9.82 Å². The topological polar surface area (TPSA) is 61.8 Å². The van der Waals surface area contributed by atoms with Crippen molar-refractivity contribution in [1.82, 2.24) is 5.43 Å². The highest BCUT2D eigenvalue weighted by molar-refractivity contribution is 6.07. The fraction of sp³-hybridized carbons (Fsp3) is 0.167. The number of nitrogens with one attached hydrogen (secondary N) is 1. The third kappa shape index (κ3) is 4.74. The largest absolute Gasteiger partial charge is 0.315 e. The molecule has 2 aromatic carbocycles. The number of carbonyl (C=O) groups excluding carboxylic acids is 2. The van der Waals surface area contributed by atoms with E-state index < -0.39 is 11.7 Å². The molecule has 0 bridgehead atoms. The predicted molar refractivity (Wildman–Crippen MR) is 91.4 cm³/mol. The van der Waals surface area contributed by atoms with Gasteiger partial charge in [-0.15, -0.1) is 0 Å². The Balaban J connectivity index is 1.94. The minimum atomic E-state index is -0.530. The Bertz CT molecular complexity index is 760. The first-order chi connectivity index (χ1) is 11.5. The van der Waals surface area contributed by atoms with Gasteiger partial charge in [-0.3, -0.25) is 9.59 Å². The number of para-hydroxylation sites is 1. The molecule has 0 aliphatic rings. The lowest BCUT2D eigenvalue weighted by Gasteiger charge is -2.17. The Labute approximate surface area is 139 Å². The lowest BCUT2D eigenvalue weighted by molar-refractivity contribution is -0.117. The lowest BCUT2D eigenvalue weighted by Crippen LogP contribution is -2.28. The Kier molecular flexibility index (Phi) is 5.78. The standard InChI is InChI=1S/C18H18FN3O2/c1-13(11-17(23)22(2)16-9-4-3-5-10-16)20-21-18(24)14-7-6-8-15(19)12-14/h3-10,12H,11H2,1-2H3,(H,21,24)/b20-13+. The summed E-state index contributed by atoms with van der Waals surface area (Å²) in [4.78, 5) is 25.6. The van der Waals surface area contributed by atoms with E-state index in [9.17, 15) is 14.0 Å². The summed E-state index contributed by atoms with van der Waals surface area (Å²) in [6.45, 7) is 1.64. The Morgan fingerprint density at radius 1 is 1.12 bits per heavy atom. The van der Waals surface area contributed by atoms with Crippen LogP contribution in [-0.2, 0) is 4.79 Å². The molecule has 0 aromatic heterocycles. The minimum Gasteiger partial charge on any atom is -0.315 e. The molecule has 6 heteroatoms. The van der Waals surface area contributed by atoms with Crippen LogP contribution < -0.4 is 10.3 Å². The van der Waals surface area contributed by atoms with Gasteiger partial charge in [-0.1, -0.05) is 24.3 Å². The van der Waals surface area contributed by atoms with Gasteiger partial charge in [0.25, 0.3) is 5.91 Å². The second-order valence-corrected chi connectivity index (χ2v) is 5.26. The van der Waals surface area contributed by atoms with Crippen LogP contribution in [0.5, 0.6) is 0 Å². The predicted octanol–water partition coefficient (Wildman–Crippen LogP) is 2.98. The van der Waals surface area contributed by atoms with Crippen LogP contribution >= 0.6 is 0 Å². The maximum Gasteiger partial charge on any atom is 0.271 e. The average molecular weight is 327 g/mol. The van der Waals surface area contributed by atoms with Gasteiger partial charge in [0.15, 0.2) is 0 Å². The molecular weight excluding hydrogens is 309 g/mol. The summed E-state index contributed by atoms with van der Waals surface area (Å²) in [6.07, 6.45) is 0.0643. The number of hydrogen-bond acceptors (Lipinski definition) is 3. The summed E-state index contributed by atoms with van der Waals surface area (Å²) in [5.74, 6) is -1.18. The van der Waals surface area contributed by atoms with Crippen molar-refractivity contribution in [2.24, 2.45) is 5.10 Å². The van der Waals surface area contributed by atoms with Crippen LogP contribution in [-0.4, -0.2) is 24.6 Å². The molecule has 0 saturated heterocycles. The van der Waals surface area contributed by atoms with Crippen molar-refractivity contribution in [3.8, 4) is 0 Å². The molecule has 1 N–H and O–H groups in total. The zero-order chi connectivity index (χ0) is 17.5. The van der Waals surface area contributed by atoms with Crippen molar-refractivity contribution < 1.29 is 14.0 Å². The first kappa shape index (κ1) is 17.3. The monoisotopic (exact) mass is 327 g/mol. The maximum absolute atomic E-state index is 13.1. The number of hydrazone groups is 1. The van der Waals surface area contributed by atoms with Crippen molar-refractivity contribution in [3.63, 3.8) is 0 Å². The molecule has 0 radical (unpaired) electrons. The maximum atomic E-state index is 13.1. The number of hydrogen-bond donors (Lipinski definition) is 1. The van der Waals surface area contributed by atoms with E-state index in [1.807, 2.05) is 30.3 Å². The van der Waals surface area contributed by atoms with Crippen LogP contribution in [0.3, 0.4) is 0 Å². The molecule has 0 unspecified atom stereocenters. The number of rotatable bonds is 5. The Hall–Kier alpha value is -3.02. The molecule has 2 aromatic rings. The van der Waals surface area contributed by atoms with E-state index in [-0.39, 0.29) is 17.9 Å². The van der Waals surface area contributed by atoms with E-state index in [2.05, 4.69) is 10.5 Å². The summed E-state index contributed by atoms with van der Waals surface area (Å²) in [5, 5.41) is 3.89. The summed E-state index contributed by atoms with van der Waals surface area (Å²) in [5.41, 5.74) is 3.72. The molecule has 2 amide bonds. The van der Waals surface area contributed by atoms with Gasteiger partial charge in [-0.2, -0.15) is 5.10 Å². The Morgan fingerprint density at radius 2 is 1.83 bits per heavy atom. The van der Waals surface area contributed by atoms with Gasteiger partial charge in [0.2, 0.25) is 5.91 Å². The summed E-state index contributed by atoms with van der Waals surface area (Å²) < 4.78 is 13.1. The van der Waals surface area contributed by atoms with E-state index in [1.165, 1.54) is 23.1 Å². The third-order valence-electron chi connectivity index (χ3n) is 3.36. The first-order valence-electron chi connectivity index (χ1n) is 7.38. The fourth-order valence-electron chi connectivity index (χ4n) is 2.01. The zero-order valence-corrected chi connectivity index (χ0v) is 13.5. The highest BCUT2D eigenvalue weighted by atomic mass is 19.1. The summed E-state index contributed by atoms with van der Waals surface area (Å²) in [7, 11) is 1.68. The number of benzene rings is 2. The van der Waals surface area contributed by atoms with Crippen molar-refractivity contribution in [1.29, 1.82) is 0 Å². The average Bonchev–Trinajstić information content (AvgIpc) is 2.59. The van der Waals surface area contributed by atoms with Gasteiger partial charge in [-0.05, 0) is 37.3 Å². The Morgan fingerprint density at radius 3 is 2.50 bits per heavy atom. The molecule has 0 heterocycles. The normalized spacial score (nSPS) is 11.0. The van der Waals surface area contributed by atoms with Gasteiger partial charge in [0.1, 0.15) is 5.82 Å². The number of nitrogens with zero attached hydrogens (tertiary/aromatic N) is 2. The molecule has 0 saturated carbocycles. The van der Waals surface area contributed by atoms with Crippen molar-refractivity contribution in [2.45, 2.75) is 13.3 Å². The molecule has 0 aliphatic heterocycles. The van der Waals surface area contributed by atoms with Crippen molar-refractivity contribution >= 4 is 23.2 Å². The van der Waals surface area contributed by atoms with Crippen molar-refractivity contribution in [3.05, 3.63) is 66.0 Å². The van der Waals surface area contributed by atoms with E-state index in [0.717, 1.165) is 11.8 Å². The van der Waals surface area contributed by atoms with Crippen LogP contribution in [0, 0.1) is 5.82 Å². The van der Waals surface area contributed by atoms with Gasteiger partial charge in [0.05, 0.1) is 6.42 Å². The van der Waals surface area contributed by atoms with E-state index >= 15 is 0 Å². The fourth-order valence-corrected chi connectivity index (χ4v) is 2.01. The van der Waals surface area contributed by atoms with Crippen molar-refractivity contribution in [2.75, 3.05) is 11.9 Å². The van der Waals surface area contributed by atoms with Crippen LogP contribution in [0.4, 0.5) is 10.1 Å². The van der Waals surface area contributed by atoms with Crippen LogP contribution in [0.1, 0.15) is 23.7 Å². The molecule has 0 fully saturated rings. The van der Waals surface area contributed by atoms with Crippen LogP contribution in [0.2, 0.25) is 0 Å². The molecule has 0 aliphatic carbocycles. The number of halogens is 1. The first-order valence-corrected chi connectivity index (χ1v) is 7.38. The molecule has 124 valence electrons. The number of carbonyl (C=O) groups is 2. The number of anilines is 1. The SMILES string of the molecule is C/C(CC(=O)N(C)c1ccccc1)=N\NC(=O)c1cccc(F)c1. The molecule has 0 spiro atoms. The van der Waals surface area contributed by atoms with Gasteiger partial charge in [0, 0.05) is 24.0 Å². The molecule has 5 nitrogen and oxygen atoms in total. The molecule has 24 heavy (non-hydrogen) atoms. The second-order valence-electron chi connectivity index (χ2n) is 5.26. The number of amides is 2. The molecule has 2 rings (SSSR count). The van der Waals surface area contributed by atoms with Crippen LogP contribution in [0.25, 0.3) is 0 Å². The van der Waals surface area contributed by atoms with Gasteiger partial charge < -0.3 is 4.90 Å². The highest BCUT2D eigenvalue weighted by Gasteiger charge is 2.12. The third-order valence-corrected chi connectivity index (χ3v) is 3.36. The summed E-state index contributed by atoms with van der Waals surface area (Å²) >= 11 is 0. The lowest BCUT2D eigenvalue weighted by atomic mass is 10.2.